The molecule has 0 radical (unpaired) electrons. The van der Waals surface area contributed by atoms with Gasteiger partial charge in [0.1, 0.15) is 5.75 Å². The Hall–Kier alpha value is -1.12. The summed E-state index contributed by atoms with van der Waals surface area (Å²) in [6, 6.07) is 4.42. The fourth-order valence-corrected chi connectivity index (χ4v) is 3.79. The minimum absolute atomic E-state index is 0.0577. The van der Waals surface area contributed by atoms with Crippen molar-refractivity contribution in [1.29, 1.82) is 0 Å². The molecule has 1 aromatic carbocycles. The van der Waals surface area contributed by atoms with Crippen LogP contribution in [0.1, 0.15) is 13.3 Å². The lowest BCUT2D eigenvalue weighted by Gasteiger charge is -2.20. The maximum absolute atomic E-state index is 12.4. The van der Waals surface area contributed by atoms with Crippen LogP contribution in [0.15, 0.2) is 27.6 Å². The third-order valence-corrected chi connectivity index (χ3v) is 5.28. The number of hydrogen-bond acceptors (Lipinski definition) is 4. The summed E-state index contributed by atoms with van der Waals surface area (Å²) in [5.74, 6) is -0.507. The molecule has 0 atom stereocenters. The number of benzene rings is 1. The number of aliphatic carboxylic acids is 1. The van der Waals surface area contributed by atoms with Gasteiger partial charge in [-0.1, -0.05) is 6.92 Å². The van der Waals surface area contributed by atoms with Gasteiger partial charge in [0.25, 0.3) is 0 Å². The van der Waals surface area contributed by atoms with Crippen LogP contribution in [0.4, 0.5) is 0 Å². The third kappa shape index (κ3) is 3.94. The highest BCUT2D eigenvalue weighted by Crippen LogP contribution is 2.28. The molecule has 20 heavy (non-hydrogen) atoms. The highest BCUT2D eigenvalue weighted by Gasteiger charge is 2.24. The van der Waals surface area contributed by atoms with E-state index in [9.17, 15) is 13.2 Å². The number of methoxy groups -OCH3 is 1. The molecule has 0 bridgehead atoms. The van der Waals surface area contributed by atoms with Crippen LogP contribution in [-0.4, -0.2) is 44.0 Å². The lowest BCUT2D eigenvalue weighted by molar-refractivity contribution is -0.137. The van der Waals surface area contributed by atoms with Gasteiger partial charge < -0.3 is 9.84 Å². The van der Waals surface area contributed by atoms with E-state index in [1.807, 2.05) is 0 Å². The summed E-state index contributed by atoms with van der Waals surface area (Å²) in [5, 5.41) is 8.66. The minimum Gasteiger partial charge on any atom is -0.496 e. The quantitative estimate of drug-likeness (QED) is 0.797. The van der Waals surface area contributed by atoms with Crippen LogP contribution in [-0.2, 0) is 14.8 Å². The van der Waals surface area contributed by atoms with Gasteiger partial charge in [0.15, 0.2) is 0 Å². The van der Waals surface area contributed by atoms with E-state index in [-0.39, 0.29) is 24.4 Å². The standard InChI is InChI=1S/C12H16BrNO5S/c1-3-14(7-6-12(15)16)20(17,18)9-4-5-11(19-2)10(13)8-9/h4-5,8H,3,6-7H2,1-2H3,(H,15,16). The predicted molar refractivity (Wildman–Crippen MR) is 77.4 cm³/mol. The lowest BCUT2D eigenvalue weighted by Crippen LogP contribution is -2.32. The van der Waals surface area contributed by atoms with Crippen molar-refractivity contribution in [2.24, 2.45) is 0 Å². The number of carbonyl (C=O) groups is 1. The van der Waals surface area contributed by atoms with Crippen molar-refractivity contribution in [3.63, 3.8) is 0 Å². The Kier molecular flexibility index (Phi) is 5.97. The molecule has 1 rings (SSSR count). The van der Waals surface area contributed by atoms with Crippen molar-refractivity contribution >= 4 is 31.9 Å². The Morgan fingerprint density at radius 3 is 2.55 bits per heavy atom. The molecule has 0 heterocycles. The van der Waals surface area contributed by atoms with E-state index in [1.165, 1.54) is 19.2 Å². The average molecular weight is 366 g/mol. The Labute approximate surface area is 126 Å². The van der Waals surface area contributed by atoms with E-state index < -0.39 is 16.0 Å². The van der Waals surface area contributed by atoms with Crippen LogP contribution in [0.2, 0.25) is 0 Å². The molecule has 8 heteroatoms. The summed E-state index contributed by atoms with van der Waals surface area (Å²) < 4.78 is 31.5. The highest BCUT2D eigenvalue weighted by molar-refractivity contribution is 9.10. The van der Waals surface area contributed by atoms with Crippen molar-refractivity contribution in [1.82, 2.24) is 4.31 Å². The molecule has 0 unspecified atom stereocenters. The maximum atomic E-state index is 12.4. The zero-order valence-electron chi connectivity index (χ0n) is 11.2. The van der Waals surface area contributed by atoms with Crippen molar-refractivity contribution < 1.29 is 23.1 Å². The first-order valence-electron chi connectivity index (χ1n) is 5.88. The molecule has 0 fully saturated rings. The van der Waals surface area contributed by atoms with Crippen LogP contribution < -0.4 is 4.74 Å². The second kappa shape index (κ2) is 7.05. The number of carboxylic acids is 1. The molecule has 0 saturated carbocycles. The average Bonchev–Trinajstić information content (AvgIpc) is 2.38. The summed E-state index contributed by atoms with van der Waals surface area (Å²) in [7, 11) is -2.22. The Balaban J connectivity index is 3.07. The Bertz CT molecular complexity index is 588. The monoisotopic (exact) mass is 365 g/mol. The minimum atomic E-state index is -3.71. The van der Waals surface area contributed by atoms with Crippen LogP contribution >= 0.6 is 15.9 Å². The van der Waals surface area contributed by atoms with E-state index in [4.69, 9.17) is 9.84 Å². The molecule has 1 aromatic rings. The van der Waals surface area contributed by atoms with Gasteiger partial charge in [-0.2, -0.15) is 4.31 Å². The summed E-state index contributed by atoms with van der Waals surface area (Å²) in [5.41, 5.74) is 0. The first-order chi connectivity index (χ1) is 9.32. The van der Waals surface area contributed by atoms with E-state index in [0.29, 0.717) is 10.2 Å². The molecule has 0 saturated heterocycles. The van der Waals surface area contributed by atoms with Crippen LogP contribution in [0.5, 0.6) is 5.75 Å². The van der Waals surface area contributed by atoms with Crippen molar-refractivity contribution in [2.45, 2.75) is 18.2 Å². The lowest BCUT2D eigenvalue weighted by atomic mass is 10.3. The first-order valence-corrected chi connectivity index (χ1v) is 8.11. The van der Waals surface area contributed by atoms with E-state index in [2.05, 4.69) is 15.9 Å². The summed E-state index contributed by atoms with van der Waals surface area (Å²) >= 11 is 3.23. The van der Waals surface area contributed by atoms with Crippen LogP contribution in [0, 0.1) is 0 Å². The van der Waals surface area contributed by atoms with Crippen molar-refractivity contribution in [3.05, 3.63) is 22.7 Å². The normalized spacial score (nSPS) is 11.6. The number of sulfonamides is 1. The van der Waals surface area contributed by atoms with Crippen LogP contribution in [0.25, 0.3) is 0 Å². The zero-order valence-corrected chi connectivity index (χ0v) is 13.6. The smallest absolute Gasteiger partial charge is 0.304 e. The zero-order chi connectivity index (χ0) is 15.3. The van der Waals surface area contributed by atoms with Gasteiger partial charge in [-0.15, -0.1) is 0 Å². The summed E-state index contributed by atoms with van der Waals surface area (Å²) in [4.78, 5) is 10.7. The number of rotatable bonds is 7. The molecule has 0 aliphatic rings. The molecule has 0 amide bonds. The fourth-order valence-electron chi connectivity index (χ4n) is 1.63. The SMILES string of the molecule is CCN(CCC(=O)O)S(=O)(=O)c1ccc(OC)c(Br)c1. The third-order valence-electron chi connectivity index (χ3n) is 2.69. The molecular weight excluding hydrogens is 350 g/mol. The van der Waals surface area contributed by atoms with Crippen LogP contribution in [0.3, 0.4) is 0 Å². The fraction of sp³-hybridized carbons (Fsp3) is 0.417. The topological polar surface area (TPSA) is 83.9 Å². The molecule has 112 valence electrons. The molecular formula is C12H16BrNO5S. The Morgan fingerprint density at radius 2 is 2.10 bits per heavy atom. The van der Waals surface area contributed by atoms with E-state index in [0.717, 1.165) is 4.31 Å². The van der Waals surface area contributed by atoms with Gasteiger partial charge in [0.05, 0.1) is 22.9 Å². The number of hydrogen-bond donors (Lipinski definition) is 1. The number of carboxylic acid groups (broad SMARTS) is 1. The number of ether oxygens (including phenoxy) is 1. The predicted octanol–water partition coefficient (Wildman–Crippen LogP) is 1.94. The summed E-state index contributed by atoms with van der Waals surface area (Å²) in [6.07, 6.45) is -0.232. The number of halogens is 1. The van der Waals surface area contributed by atoms with Gasteiger partial charge >= 0.3 is 5.97 Å². The highest BCUT2D eigenvalue weighted by atomic mass is 79.9. The second-order valence-electron chi connectivity index (χ2n) is 3.94. The molecule has 0 aliphatic carbocycles. The summed E-state index contributed by atoms with van der Waals surface area (Å²) in [6.45, 7) is 1.81. The van der Waals surface area contributed by atoms with Gasteiger partial charge in [-0.05, 0) is 34.1 Å². The maximum Gasteiger partial charge on any atom is 0.304 e. The Morgan fingerprint density at radius 1 is 1.45 bits per heavy atom. The van der Waals surface area contributed by atoms with Crippen molar-refractivity contribution in [2.75, 3.05) is 20.2 Å². The largest absolute Gasteiger partial charge is 0.496 e. The van der Waals surface area contributed by atoms with Gasteiger partial charge in [0.2, 0.25) is 10.0 Å². The first kappa shape index (κ1) is 16.9. The second-order valence-corrected chi connectivity index (χ2v) is 6.73. The van der Waals surface area contributed by atoms with E-state index >= 15 is 0 Å². The molecule has 6 nitrogen and oxygen atoms in total. The van der Waals surface area contributed by atoms with Gasteiger partial charge in [0, 0.05) is 13.1 Å². The van der Waals surface area contributed by atoms with Crippen molar-refractivity contribution in [3.8, 4) is 5.75 Å². The number of nitrogens with zero attached hydrogens (tertiary/aromatic N) is 1. The van der Waals surface area contributed by atoms with Gasteiger partial charge in [-0.25, -0.2) is 8.42 Å². The molecule has 0 aliphatic heterocycles. The molecule has 0 spiro atoms. The molecule has 1 N–H and O–H groups in total. The molecule has 0 aromatic heterocycles. The van der Waals surface area contributed by atoms with E-state index in [1.54, 1.807) is 13.0 Å². The van der Waals surface area contributed by atoms with Gasteiger partial charge in [-0.3, -0.25) is 4.79 Å².